The van der Waals surface area contributed by atoms with Crippen molar-refractivity contribution in [1.29, 1.82) is 0 Å². The standard InChI is InChI=1S/C5H4F3NO3/c6-5(7,8)1-2-3(10)12-4(11)9-2/h2H,1H2,(H,9,11). The zero-order chi connectivity index (χ0) is 9.35. The summed E-state index contributed by atoms with van der Waals surface area (Å²) in [4.78, 5) is 20.7. The molecule has 0 bridgehead atoms. The fourth-order valence-corrected chi connectivity index (χ4v) is 0.759. The topological polar surface area (TPSA) is 55.4 Å². The molecule has 0 aromatic rings. The molecule has 1 heterocycles. The van der Waals surface area contributed by atoms with Crippen molar-refractivity contribution in [3.63, 3.8) is 0 Å². The third-order valence-electron chi connectivity index (χ3n) is 1.21. The predicted octanol–water partition coefficient (Wildman–Crippen LogP) is 0.574. The molecule has 4 nitrogen and oxygen atoms in total. The molecule has 0 spiro atoms. The molecule has 1 atom stereocenters. The molecule has 7 heteroatoms. The SMILES string of the molecule is O=C1NC(CC(F)(F)F)C(=O)O1. The lowest BCUT2D eigenvalue weighted by Gasteiger charge is -2.08. The Morgan fingerprint density at radius 3 is 2.33 bits per heavy atom. The Morgan fingerprint density at radius 1 is 1.42 bits per heavy atom. The first-order valence-corrected chi connectivity index (χ1v) is 2.97. The summed E-state index contributed by atoms with van der Waals surface area (Å²) < 4.78 is 38.8. The molecule has 1 fully saturated rings. The Kier molecular flexibility index (Phi) is 1.95. The maximum Gasteiger partial charge on any atom is 0.415 e. The smallest absolute Gasteiger partial charge is 0.375 e. The second kappa shape index (κ2) is 2.65. The van der Waals surface area contributed by atoms with Gasteiger partial charge in [0.2, 0.25) is 0 Å². The van der Waals surface area contributed by atoms with Gasteiger partial charge in [0.05, 0.1) is 6.42 Å². The van der Waals surface area contributed by atoms with E-state index >= 15 is 0 Å². The van der Waals surface area contributed by atoms with Crippen molar-refractivity contribution in [1.82, 2.24) is 5.32 Å². The normalized spacial score (nSPS) is 23.8. The average Bonchev–Trinajstić information content (AvgIpc) is 2.06. The molecule has 68 valence electrons. The van der Waals surface area contributed by atoms with Crippen molar-refractivity contribution in [3.05, 3.63) is 0 Å². The first kappa shape index (κ1) is 8.82. The van der Waals surface area contributed by atoms with Crippen LogP contribution < -0.4 is 5.32 Å². The number of rotatable bonds is 1. The van der Waals surface area contributed by atoms with Crippen LogP contribution in [0.3, 0.4) is 0 Å². The average molecular weight is 183 g/mol. The van der Waals surface area contributed by atoms with Crippen LogP contribution in [0.2, 0.25) is 0 Å². The Balaban J connectivity index is 2.54. The number of hydrogen-bond donors (Lipinski definition) is 1. The van der Waals surface area contributed by atoms with Crippen molar-refractivity contribution >= 4 is 12.1 Å². The zero-order valence-corrected chi connectivity index (χ0v) is 5.64. The molecular formula is C5H4F3NO3. The van der Waals surface area contributed by atoms with Gasteiger partial charge in [-0.15, -0.1) is 0 Å². The number of nitrogens with one attached hydrogen (secondary N) is 1. The maximum atomic E-state index is 11.6. The minimum atomic E-state index is -4.48. The molecule has 1 N–H and O–H groups in total. The van der Waals surface area contributed by atoms with Crippen LogP contribution in [0, 0.1) is 0 Å². The van der Waals surface area contributed by atoms with Gasteiger partial charge in [-0.25, -0.2) is 9.59 Å². The zero-order valence-electron chi connectivity index (χ0n) is 5.64. The minimum absolute atomic E-state index is 1.13. The minimum Gasteiger partial charge on any atom is -0.375 e. The van der Waals surface area contributed by atoms with Crippen LogP contribution in [0.15, 0.2) is 0 Å². The van der Waals surface area contributed by atoms with Crippen LogP contribution in [0.1, 0.15) is 6.42 Å². The van der Waals surface area contributed by atoms with E-state index in [1.165, 1.54) is 0 Å². The van der Waals surface area contributed by atoms with Crippen molar-refractivity contribution in [2.24, 2.45) is 0 Å². The summed E-state index contributed by atoms with van der Waals surface area (Å²) in [7, 11) is 0. The molecular weight excluding hydrogens is 179 g/mol. The van der Waals surface area contributed by atoms with E-state index < -0.39 is 30.7 Å². The Hall–Kier alpha value is -1.27. The van der Waals surface area contributed by atoms with Crippen LogP contribution in [0.5, 0.6) is 0 Å². The highest BCUT2D eigenvalue weighted by molar-refractivity contribution is 5.95. The second-order valence-corrected chi connectivity index (χ2v) is 2.22. The van der Waals surface area contributed by atoms with E-state index in [1.54, 1.807) is 5.32 Å². The second-order valence-electron chi connectivity index (χ2n) is 2.22. The molecule has 1 saturated heterocycles. The number of cyclic esters (lactones) is 2. The lowest BCUT2D eigenvalue weighted by molar-refractivity contribution is -0.153. The van der Waals surface area contributed by atoms with Gasteiger partial charge in [-0.2, -0.15) is 13.2 Å². The third kappa shape index (κ3) is 2.11. The van der Waals surface area contributed by atoms with E-state index in [1.807, 2.05) is 0 Å². The van der Waals surface area contributed by atoms with Gasteiger partial charge in [0.1, 0.15) is 6.04 Å². The number of carbonyl (C=O) groups excluding carboxylic acids is 2. The first-order chi connectivity index (χ1) is 5.38. The molecule has 12 heavy (non-hydrogen) atoms. The van der Waals surface area contributed by atoms with Gasteiger partial charge in [-0.1, -0.05) is 0 Å². The number of carbonyl (C=O) groups is 2. The van der Waals surface area contributed by atoms with Crippen LogP contribution >= 0.6 is 0 Å². The van der Waals surface area contributed by atoms with Crippen molar-refractivity contribution in [3.8, 4) is 0 Å². The molecule has 0 aromatic heterocycles. The fraction of sp³-hybridized carbons (Fsp3) is 0.600. The molecule has 0 aliphatic carbocycles. The molecule has 1 amide bonds. The molecule has 1 unspecified atom stereocenters. The van der Waals surface area contributed by atoms with Crippen LogP contribution in [-0.4, -0.2) is 24.3 Å². The fourth-order valence-electron chi connectivity index (χ4n) is 0.759. The van der Waals surface area contributed by atoms with E-state index in [0.717, 1.165) is 0 Å². The number of hydrogen-bond acceptors (Lipinski definition) is 3. The molecule has 1 aliphatic rings. The van der Waals surface area contributed by atoms with Gasteiger partial charge >= 0.3 is 18.2 Å². The highest BCUT2D eigenvalue weighted by Crippen LogP contribution is 2.23. The van der Waals surface area contributed by atoms with Crippen molar-refractivity contribution in [2.75, 3.05) is 0 Å². The Labute approximate surface area is 64.7 Å². The van der Waals surface area contributed by atoms with E-state index in [9.17, 15) is 22.8 Å². The summed E-state index contributed by atoms with van der Waals surface area (Å²) in [5, 5.41) is 1.73. The highest BCUT2D eigenvalue weighted by atomic mass is 19.4. The predicted molar refractivity (Wildman–Crippen MR) is 29.1 cm³/mol. The Bertz CT molecular complexity index is 224. The Morgan fingerprint density at radius 2 is 2.00 bits per heavy atom. The summed E-state index contributed by atoms with van der Waals surface area (Å²) in [6.07, 6.45) is -7.01. The maximum absolute atomic E-state index is 11.6. The number of ether oxygens (including phenoxy) is 1. The quantitative estimate of drug-likeness (QED) is 0.477. The summed E-state index contributed by atoms with van der Waals surface area (Å²) in [5.74, 6) is -1.18. The van der Waals surface area contributed by atoms with E-state index in [0.29, 0.717) is 0 Å². The van der Waals surface area contributed by atoms with E-state index in [4.69, 9.17) is 0 Å². The van der Waals surface area contributed by atoms with E-state index in [-0.39, 0.29) is 0 Å². The van der Waals surface area contributed by atoms with Crippen molar-refractivity contribution in [2.45, 2.75) is 18.6 Å². The van der Waals surface area contributed by atoms with Gasteiger partial charge in [0.25, 0.3) is 0 Å². The molecule has 0 aromatic carbocycles. The summed E-state index contributed by atoms with van der Waals surface area (Å²) in [6.45, 7) is 0. The molecule has 0 saturated carbocycles. The molecule has 1 aliphatic heterocycles. The summed E-state index contributed by atoms with van der Waals surface area (Å²) >= 11 is 0. The first-order valence-electron chi connectivity index (χ1n) is 2.97. The van der Waals surface area contributed by atoms with E-state index in [2.05, 4.69) is 4.74 Å². The summed E-state index contributed by atoms with van der Waals surface area (Å²) in [5.41, 5.74) is 0. The van der Waals surface area contributed by atoms with Gasteiger partial charge in [-0.05, 0) is 0 Å². The lowest BCUT2D eigenvalue weighted by atomic mass is 10.2. The number of alkyl halides is 3. The molecule has 0 radical (unpaired) electrons. The van der Waals surface area contributed by atoms with Gasteiger partial charge in [0, 0.05) is 0 Å². The third-order valence-corrected chi connectivity index (χ3v) is 1.21. The number of esters is 1. The lowest BCUT2D eigenvalue weighted by Crippen LogP contribution is -2.33. The monoisotopic (exact) mass is 183 g/mol. The van der Waals surface area contributed by atoms with Gasteiger partial charge in [-0.3, -0.25) is 0 Å². The van der Waals surface area contributed by atoms with Crippen LogP contribution in [-0.2, 0) is 9.53 Å². The highest BCUT2D eigenvalue weighted by Gasteiger charge is 2.41. The van der Waals surface area contributed by atoms with Crippen LogP contribution in [0.25, 0.3) is 0 Å². The molecule has 1 rings (SSSR count). The number of alkyl carbamates (subject to hydrolysis) is 1. The number of amides is 1. The van der Waals surface area contributed by atoms with Crippen molar-refractivity contribution < 1.29 is 27.5 Å². The van der Waals surface area contributed by atoms with Crippen LogP contribution in [0.4, 0.5) is 18.0 Å². The van der Waals surface area contributed by atoms with Gasteiger partial charge < -0.3 is 10.1 Å². The summed E-state index contributed by atoms with van der Waals surface area (Å²) in [6, 6.07) is -1.59. The largest absolute Gasteiger partial charge is 0.415 e. The number of halogens is 3. The van der Waals surface area contributed by atoms with Gasteiger partial charge in [0.15, 0.2) is 0 Å².